The number of carbonyl (C=O) groups is 2. The molecular weight excluding hydrogens is 548 g/mol. The summed E-state index contributed by atoms with van der Waals surface area (Å²) in [5.74, 6) is -2.00. The summed E-state index contributed by atoms with van der Waals surface area (Å²) in [7, 11) is -4.58. The molecule has 1 aliphatic rings. The van der Waals surface area contributed by atoms with Crippen LogP contribution in [-0.2, 0) is 38.7 Å². The lowest BCUT2D eigenvalue weighted by Crippen LogP contribution is -2.60. The molecule has 1 aliphatic heterocycles. The molecule has 0 spiro atoms. The Morgan fingerprint density at radius 2 is 1.27 bits per heavy atom. The van der Waals surface area contributed by atoms with Gasteiger partial charge in [0, 0.05) is 12.8 Å². The fourth-order valence-electron chi connectivity index (χ4n) is 4.32. The normalized spacial score (nSPS) is 24.0. The molecule has 13 heteroatoms. The smallest absolute Gasteiger partial charge is 0.306 e. The fraction of sp³-hybridized carbons (Fsp3) is 0.926. The quantitative estimate of drug-likeness (QED) is 0.0812. The first-order valence-electron chi connectivity index (χ1n) is 14.6. The molecule has 40 heavy (non-hydrogen) atoms. The minimum absolute atomic E-state index is 0.165. The van der Waals surface area contributed by atoms with Crippen LogP contribution < -0.4 is 0 Å². The number of esters is 2. The molecular formula is C27H50O12S. The molecule has 1 saturated heterocycles. The number of carbonyl (C=O) groups excluding carboxylic acids is 2. The first kappa shape index (κ1) is 36.7. The highest BCUT2D eigenvalue weighted by Gasteiger charge is 2.46. The van der Waals surface area contributed by atoms with E-state index in [0.717, 1.165) is 64.2 Å². The summed E-state index contributed by atoms with van der Waals surface area (Å²) in [5.41, 5.74) is 0. The maximum Gasteiger partial charge on any atom is 0.306 e. The number of unbranched alkanes of at least 4 members (excludes halogenated alkanes) is 10. The summed E-state index contributed by atoms with van der Waals surface area (Å²) in [6.07, 6.45) is 2.66. The Balaban J connectivity index is 2.67. The van der Waals surface area contributed by atoms with Crippen LogP contribution in [0.3, 0.4) is 0 Å². The van der Waals surface area contributed by atoms with Gasteiger partial charge in [-0.3, -0.25) is 14.1 Å². The number of hydrogen-bond acceptors (Lipinski definition) is 11. The van der Waals surface area contributed by atoms with Crippen LogP contribution in [0.5, 0.6) is 0 Å². The third kappa shape index (κ3) is 16.2. The van der Waals surface area contributed by atoms with Gasteiger partial charge in [0.05, 0.1) is 6.61 Å². The Morgan fingerprint density at radius 1 is 0.750 bits per heavy atom. The van der Waals surface area contributed by atoms with Gasteiger partial charge in [-0.2, -0.15) is 8.42 Å². The molecule has 0 saturated carbocycles. The van der Waals surface area contributed by atoms with Crippen LogP contribution in [0.25, 0.3) is 0 Å². The van der Waals surface area contributed by atoms with E-state index in [0.29, 0.717) is 12.8 Å². The molecule has 6 atom stereocenters. The minimum atomic E-state index is -4.58. The van der Waals surface area contributed by atoms with Gasteiger partial charge >= 0.3 is 11.9 Å². The number of rotatable bonds is 22. The molecule has 1 rings (SSSR count). The van der Waals surface area contributed by atoms with Crippen molar-refractivity contribution in [1.29, 1.82) is 0 Å². The maximum atomic E-state index is 12.4. The summed E-state index contributed by atoms with van der Waals surface area (Å²) < 4.78 is 53.1. The third-order valence-corrected chi connectivity index (χ3v) is 7.44. The Labute approximate surface area is 238 Å². The number of aliphatic hydroxyl groups is 3. The van der Waals surface area contributed by atoms with Crippen LogP contribution in [0, 0.1) is 0 Å². The van der Waals surface area contributed by atoms with Crippen molar-refractivity contribution >= 4 is 22.1 Å². The second-order valence-corrected chi connectivity index (χ2v) is 11.9. The predicted octanol–water partition coefficient (Wildman–Crippen LogP) is 2.65. The van der Waals surface area contributed by atoms with Crippen molar-refractivity contribution in [2.45, 2.75) is 141 Å². The van der Waals surface area contributed by atoms with E-state index in [2.05, 4.69) is 13.8 Å². The SMILES string of the molecule is CCCCCCCCC(=O)OCC(CO[C@H]1O[C@H](CS(=O)(=O)O)[C@@H](O)[C@H](O)[C@H]1O)OC(=O)CCCCCCCC. The second kappa shape index (κ2) is 20.5. The Bertz CT molecular complexity index is 805. The molecule has 0 radical (unpaired) electrons. The average molecular weight is 599 g/mol. The lowest BCUT2D eigenvalue weighted by molar-refractivity contribution is -0.297. The van der Waals surface area contributed by atoms with E-state index in [9.17, 15) is 33.3 Å². The lowest BCUT2D eigenvalue weighted by atomic mass is 10.00. The van der Waals surface area contributed by atoms with Gasteiger partial charge in [-0.15, -0.1) is 0 Å². The van der Waals surface area contributed by atoms with Crippen LogP contribution in [-0.4, -0.2) is 96.0 Å². The molecule has 0 aromatic rings. The predicted molar refractivity (Wildman–Crippen MR) is 146 cm³/mol. The Morgan fingerprint density at radius 3 is 1.82 bits per heavy atom. The summed E-state index contributed by atoms with van der Waals surface area (Å²) in [4.78, 5) is 24.7. The lowest BCUT2D eigenvalue weighted by Gasteiger charge is -2.40. The average Bonchev–Trinajstić information content (AvgIpc) is 2.89. The molecule has 0 aromatic heterocycles. The van der Waals surface area contributed by atoms with Crippen molar-refractivity contribution in [2.24, 2.45) is 0 Å². The van der Waals surface area contributed by atoms with Crippen LogP contribution in [0.4, 0.5) is 0 Å². The van der Waals surface area contributed by atoms with Crippen molar-refractivity contribution < 1.29 is 56.8 Å². The van der Waals surface area contributed by atoms with Crippen molar-refractivity contribution in [3.05, 3.63) is 0 Å². The molecule has 1 fully saturated rings. The highest BCUT2D eigenvalue weighted by atomic mass is 32.2. The van der Waals surface area contributed by atoms with E-state index in [4.69, 9.17) is 23.5 Å². The zero-order valence-corrected chi connectivity index (χ0v) is 24.8. The standard InChI is InChI=1S/C27H50O12S/c1-3-5-7-9-11-13-15-22(28)36-17-20(38-23(29)16-14-12-10-8-6-4-2)18-37-27-26(32)25(31)24(30)21(39-27)19-40(33,34)35/h20-21,24-27,30-32H,3-19H2,1-2H3,(H,33,34,35)/t20?,21-,24-,25+,26-,27+/m1/s1. The maximum absolute atomic E-state index is 12.4. The summed E-state index contributed by atoms with van der Waals surface area (Å²) >= 11 is 0. The second-order valence-electron chi connectivity index (χ2n) is 10.4. The van der Waals surface area contributed by atoms with E-state index in [1.165, 1.54) is 0 Å². The van der Waals surface area contributed by atoms with Gasteiger partial charge in [-0.05, 0) is 12.8 Å². The van der Waals surface area contributed by atoms with E-state index >= 15 is 0 Å². The summed E-state index contributed by atoms with van der Waals surface area (Å²) in [6, 6.07) is 0. The van der Waals surface area contributed by atoms with Gasteiger partial charge in [-0.1, -0.05) is 78.1 Å². The van der Waals surface area contributed by atoms with Gasteiger partial charge < -0.3 is 34.3 Å². The highest BCUT2D eigenvalue weighted by molar-refractivity contribution is 7.85. The number of hydrogen-bond donors (Lipinski definition) is 4. The van der Waals surface area contributed by atoms with Crippen molar-refractivity contribution in [1.82, 2.24) is 0 Å². The zero-order chi connectivity index (χ0) is 30.0. The van der Waals surface area contributed by atoms with E-state index in [1.54, 1.807) is 0 Å². The van der Waals surface area contributed by atoms with Crippen LogP contribution >= 0.6 is 0 Å². The molecule has 0 amide bonds. The number of aliphatic hydroxyl groups excluding tert-OH is 3. The fourth-order valence-corrected chi connectivity index (χ4v) is 5.01. The number of ether oxygens (including phenoxy) is 4. The molecule has 0 aliphatic carbocycles. The zero-order valence-electron chi connectivity index (χ0n) is 23.9. The first-order chi connectivity index (χ1) is 19.0. The first-order valence-corrected chi connectivity index (χ1v) is 16.2. The van der Waals surface area contributed by atoms with Gasteiger partial charge in [0.1, 0.15) is 36.8 Å². The molecule has 236 valence electrons. The third-order valence-electron chi connectivity index (χ3n) is 6.69. The van der Waals surface area contributed by atoms with Crippen LogP contribution in [0.1, 0.15) is 104 Å². The van der Waals surface area contributed by atoms with Crippen molar-refractivity contribution in [3.8, 4) is 0 Å². The van der Waals surface area contributed by atoms with E-state index < -0.39 is 71.2 Å². The van der Waals surface area contributed by atoms with Crippen LogP contribution in [0.15, 0.2) is 0 Å². The highest BCUT2D eigenvalue weighted by Crippen LogP contribution is 2.23. The van der Waals surface area contributed by atoms with Gasteiger partial charge in [0.15, 0.2) is 12.4 Å². The molecule has 0 aromatic carbocycles. The van der Waals surface area contributed by atoms with Gasteiger partial charge in [0.2, 0.25) is 0 Å². The van der Waals surface area contributed by atoms with Gasteiger partial charge in [-0.25, -0.2) is 0 Å². The summed E-state index contributed by atoms with van der Waals surface area (Å²) in [5, 5.41) is 30.4. The summed E-state index contributed by atoms with van der Waals surface area (Å²) in [6.45, 7) is 3.53. The van der Waals surface area contributed by atoms with E-state index in [1.807, 2.05) is 0 Å². The van der Waals surface area contributed by atoms with Crippen molar-refractivity contribution in [2.75, 3.05) is 19.0 Å². The molecule has 1 heterocycles. The van der Waals surface area contributed by atoms with Crippen molar-refractivity contribution in [3.63, 3.8) is 0 Å². The Hall–Kier alpha value is -1.35. The van der Waals surface area contributed by atoms with Crippen LogP contribution in [0.2, 0.25) is 0 Å². The monoisotopic (exact) mass is 598 g/mol. The van der Waals surface area contributed by atoms with E-state index in [-0.39, 0.29) is 19.4 Å². The minimum Gasteiger partial charge on any atom is -0.462 e. The molecule has 12 nitrogen and oxygen atoms in total. The van der Waals surface area contributed by atoms with Gasteiger partial charge in [0.25, 0.3) is 10.1 Å². The largest absolute Gasteiger partial charge is 0.462 e. The Kier molecular flexibility index (Phi) is 18.8. The molecule has 4 N–H and O–H groups in total. The topological polar surface area (TPSA) is 186 Å². The molecule has 0 bridgehead atoms. The molecule has 1 unspecified atom stereocenters.